The number of ether oxygens (including phenoxy) is 2. The third-order valence-corrected chi connectivity index (χ3v) is 4.74. The largest absolute Gasteiger partial charge is 0.470 e. The van der Waals surface area contributed by atoms with E-state index in [1.54, 1.807) is 20.0 Å². The van der Waals surface area contributed by atoms with E-state index in [-0.39, 0.29) is 29.4 Å². The maximum Gasteiger partial charge on any atom is 0.328 e. The standard InChI is InChI=1S/C20H18F2N4O4/c1-10-8-26-16(18(27)25-15-6-7-29-20(15)28)11(2)24-17(26)19(23-10)30-9-12-13(21)4-3-5-14(12)22/h3-5,8,15H,6-7,9H2,1-2H3,(H,25,27). The molecule has 0 bridgehead atoms. The van der Waals surface area contributed by atoms with E-state index in [1.807, 2.05) is 0 Å². The minimum Gasteiger partial charge on any atom is -0.470 e. The topological polar surface area (TPSA) is 94.8 Å². The molecule has 3 aromatic rings. The van der Waals surface area contributed by atoms with Gasteiger partial charge < -0.3 is 14.8 Å². The van der Waals surface area contributed by atoms with Gasteiger partial charge in [0, 0.05) is 12.6 Å². The van der Waals surface area contributed by atoms with Crippen LogP contribution in [0.2, 0.25) is 0 Å². The number of esters is 1. The van der Waals surface area contributed by atoms with Crippen LogP contribution in [0.4, 0.5) is 8.78 Å². The van der Waals surface area contributed by atoms with Gasteiger partial charge in [0.2, 0.25) is 5.65 Å². The summed E-state index contributed by atoms with van der Waals surface area (Å²) in [6.45, 7) is 3.17. The van der Waals surface area contributed by atoms with Crippen molar-refractivity contribution in [2.45, 2.75) is 32.9 Å². The first-order valence-corrected chi connectivity index (χ1v) is 9.24. The van der Waals surface area contributed by atoms with Crippen LogP contribution in [0.1, 0.15) is 33.9 Å². The van der Waals surface area contributed by atoms with Crippen LogP contribution in [-0.2, 0) is 16.1 Å². The number of halogens is 2. The van der Waals surface area contributed by atoms with Crippen LogP contribution in [-0.4, -0.2) is 38.9 Å². The highest BCUT2D eigenvalue weighted by molar-refractivity contribution is 5.97. The summed E-state index contributed by atoms with van der Waals surface area (Å²) in [5, 5.41) is 2.64. The predicted octanol–water partition coefficient (Wildman–Crippen LogP) is 2.25. The van der Waals surface area contributed by atoms with E-state index in [1.165, 1.54) is 10.5 Å². The number of hydrogen-bond acceptors (Lipinski definition) is 6. The number of cyclic esters (lactones) is 1. The lowest BCUT2D eigenvalue weighted by atomic mass is 10.2. The van der Waals surface area contributed by atoms with Gasteiger partial charge in [0.25, 0.3) is 11.8 Å². The average Bonchev–Trinajstić information content (AvgIpc) is 3.23. The molecule has 2 aromatic heterocycles. The smallest absolute Gasteiger partial charge is 0.328 e. The molecule has 0 saturated carbocycles. The van der Waals surface area contributed by atoms with Crippen LogP contribution in [0, 0.1) is 25.5 Å². The molecule has 1 amide bonds. The highest BCUT2D eigenvalue weighted by Gasteiger charge is 2.30. The molecule has 156 valence electrons. The Bertz CT molecular complexity index is 1140. The Kier molecular flexibility index (Phi) is 5.06. The number of rotatable bonds is 5. The Morgan fingerprint density at radius 1 is 1.30 bits per heavy atom. The third kappa shape index (κ3) is 3.56. The SMILES string of the molecule is Cc1cn2c(C(=O)NC3CCOC3=O)c(C)nc2c(OCc2c(F)cccc2F)n1. The molecule has 3 heterocycles. The number of imidazole rings is 1. The first-order chi connectivity index (χ1) is 14.3. The zero-order valence-electron chi connectivity index (χ0n) is 16.2. The summed E-state index contributed by atoms with van der Waals surface area (Å²) in [6.07, 6.45) is 1.98. The third-order valence-electron chi connectivity index (χ3n) is 4.74. The van der Waals surface area contributed by atoms with Gasteiger partial charge in [0.1, 0.15) is 30.0 Å². The molecule has 4 rings (SSSR count). The molecule has 1 aliphatic heterocycles. The summed E-state index contributed by atoms with van der Waals surface area (Å²) < 4.78 is 39.7. The van der Waals surface area contributed by atoms with Crippen molar-refractivity contribution < 1.29 is 27.8 Å². The molecule has 1 fully saturated rings. The van der Waals surface area contributed by atoms with E-state index >= 15 is 0 Å². The van der Waals surface area contributed by atoms with Crippen LogP contribution >= 0.6 is 0 Å². The fourth-order valence-electron chi connectivity index (χ4n) is 3.28. The number of carbonyl (C=O) groups excluding carboxylic acids is 2. The van der Waals surface area contributed by atoms with Crippen molar-refractivity contribution in [2.75, 3.05) is 6.61 Å². The molecule has 0 aliphatic carbocycles. The monoisotopic (exact) mass is 416 g/mol. The Balaban J connectivity index is 1.66. The maximum absolute atomic E-state index is 13.9. The zero-order chi connectivity index (χ0) is 21.4. The predicted molar refractivity (Wildman–Crippen MR) is 100.0 cm³/mol. The van der Waals surface area contributed by atoms with E-state index in [4.69, 9.17) is 9.47 Å². The molecule has 1 N–H and O–H groups in total. The van der Waals surface area contributed by atoms with Crippen LogP contribution in [0.25, 0.3) is 5.65 Å². The zero-order valence-corrected chi connectivity index (χ0v) is 16.2. The van der Waals surface area contributed by atoms with Crippen LogP contribution in [0.3, 0.4) is 0 Å². The van der Waals surface area contributed by atoms with Gasteiger partial charge in [-0.25, -0.2) is 23.5 Å². The molecule has 1 atom stereocenters. The number of benzene rings is 1. The lowest BCUT2D eigenvalue weighted by Crippen LogP contribution is -2.38. The number of hydrogen-bond donors (Lipinski definition) is 1. The molecular formula is C20H18F2N4O4. The minimum atomic E-state index is -0.735. The molecule has 1 aromatic carbocycles. The molecular weight excluding hydrogens is 398 g/mol. The quantitative estimate of drug-likeness (QED) is 0.641. The molecule has 30 heavy (non-hydrogen) atoms. The average molecular weight is 416 g/mol. The summed E-state index contributed by atoms with van der Waals surface area (Å²) >= 11 is 0. The number of nitrogens with one attached hydrogen (secondary N) is 1. The van der Waals surface area contributed by atoms with Crippen molar-refractivity contribution in [1.29, 1.82) is 0 Å². The summed E-state index contributed by atoms with van der Waals surface area (Å²) in [4.78, 5) is 33.0. The van der Waals surface area contributed by atoms with Crippen LogP contribution in [0.5, 0.6) is 5.88 Å². The first-order valence-electron chi connectivity index (χ1n) is 9.24. The van der Waals surface area contributed by atoms with Crippen molar-refractivity contribution in [3.63, 3.8) is 0 Å². The summed E-state index contributed by atoms with van der Waals surface area (Å²) in [7, 11) is 0. The van der Waals surface area contributed by atoms with E-state index in [2.05, 4.69) is 15.3 Å². The van der Waals surface area contributed by atoms with Gasteiger partial charge in [0.15, 0.2) is 0 Å². The number of aromatic nitrogens is 3. The van der Waals surface area contributed by atoms with E-state index in [9.17, 15) is 18.4 Å². The van der Waals surface area contributed by atoms with Crippen LogP contribution in [0.15, 0.2) is 24.4 Å². The van der Waals surface area contributed by atoms with Crippen molar-refractivity contribution in [3.8, 4) is 5.88 Å². The van der Waals surface area contributed by atoms with Crippen molar-refractivity contribution >= 4 is 17.5 Å². The second kappa shape index (κ2) is 7.69. The van der Waals surface area contributed by atoms with Gasteiger partial charge in [-0.1, -0.05) is 6.07 Å². The number of fused-ring (bicyclic) bond motifs is 1. The number of carbonyl (C=O) groups is 2. The highest BCUT2D eigenvalue weighted by Crippen LogP contribution is 2.23. The molecule has 8 nitrogen and oxygen atoms in total. The first kappa shape index (κ1) is 19.7. The normalized spacial score (nSPS) is 16.0. The van der Waals surface area contributed by atoms with E-state index in [0.717, 1.165) is 12.1 Å². The summed E-state index contributed by atoms with van der Waals surface area (Å²) in [5.41, 5.74) is 1.07. The molecule has 1 unspecified atom stereocenters. The molecule has 10 heteroatoms. The number of amides is 1. The molecule has 0 spiro atoms. The van der Waals surface area contributed by atoms with Crippen LogP contribution < -0.4 is 10.1 Å². The Hall–Kier alpha value is -3.56. The summed E-state index contributed by atoms with van der Waals surface area (Å²) in [5.74, 6) is -2.42. The second-order valence-electron chi connectivity index (χ2n) is 6.90. The Morgan fingerprint density at radius 2 is 2.03 bits per heavy atom. The number of nitrogens with zero attached hydrogens (tertiary/aromatic N) is 3. The highest BCUT2D eigenvalue weighted by atomic mass is 19.1. The lowest BCUT2D eigenvalue weighted by Gasteiger charge is -2.11. The van der Waals surface area contributed by atoms with Crippen molar-refractivity contribution in [2.24, 2.45) is 0 Å². The Morgan fingerprint density at radius 3 is 2.70 bits per heavy atom. The molecule has 1 aliphatic rings. The summed E-state index contributed by atoms with van der Waals surface area (Å²) in [6, 6.07) is 2.82. The Labute approximate surface area is 169 Å². The maximum atomic E-state index is 13.9. The van der Waals surface area contributed by atoms with Crippen molar-refractivity contribution in [3.05, 3.63) is 58.7 Å². The fourth-order valence-corrected chi connectivity index (χ4v) is 3.28. The van der Waals surface area contributed by atoms with Gasteiger partial charge >= 0.3 is 5.97 Å². The van der Waals surface area contributed by atoms with E-state index < -0.39 is 36.2 Å². The molecule has 0 radical (unpaired) electrons. The van der Waals surface area contributed by atoms with Gasteiger partial charge in [-0.2, -0.15) is 0 Å². The fraction of sp³-hybridized carbons (Fsp3) is 0.300. The molecule has 1 saturated heterocycles. The van der Waals surface area contributed by atoms with Crippen molar-refractivity contribution in [1.82, 2.24) is 19.7 Å². The second-order valence-corrected chi connectivity index (χ2v) is 6.90. The van der Waals surface area contributed by atoms with E-state index in [0.29, 0.717) is 17.8 Å². The van der Waals surface area contributed by atoms with Gasteiger partial charge in [-0.15, -0.1) is 0 Å². The van der Waals surface area contributed by atoms with Gasteiger partial charge in [-0.3, -0.25) is 9.20 Å². The number of aryl methyl sites for hydroxylation is 2. The minimum absolute atomic E-state index is 0.0279. The van der Waals surface area contributed by atoms with Gasteiger partial charge in [0.05, 0.1) is 23.6 Å². The lowest BCUT2D eigenvalue weighted by molar-refractivity contribution is -0.139. The van der Waals surface area contributed by atoms with Gasteiger partial charge in [-0.05, 0) is 26.0 Å².